The third kappa shape index (κ3) is 2.80. The zero-order chi connectivity index (χ0) is 10.7. The van der Waals surface area contributed by atoms with Gasteiger partial charge in [0.1, 0.15) is 5.78 Å². The van der Waals surface area contributed by atoms with Gasteiger partial charge >= 0.3 is 0 Å². The maximum Gasteiger partial charge on any atom is 0.230 e. The van der Waals surface area contributed by atoms with E-state index < -0.39 is 0 Å². The predicted octanol–water partition coefficient (Wildman–Crippen LogP) is 1.76. The van der Waals surface area contributed by atoms with E-state index in [2.05, 4.69) is 0 Å². The van der Waals surface area contributed by atoms with Crippen molar-refractivity contribution in [2.45, 2.75) is 44.9 Å². The molecular weight excluding hydrogens is 190 g/mol. The second-order valence-electron chi connectivity index (χ2n) is 4.81. The Morgan fingerprint density at radius 3 is 2.53 bits per heavy atom. The van der Waals surface area contributed by atoms with Crippen LogP contribution in [-0.4, -0.2) is 29.7 Å². The van der Waals surface area contributed by atoms with Gasteiger partial charge < -0.3 is 4.90 Å². The van der Waals surface area contributed by atoms with Gasteiger partial charge in [-0.25, -0.2) is 0 Å². The average Bonchev–Trinajstić information content (AvgIpc) is 2.24. The van der Waals surface area contributed by atoms with Crippen LogP contribution in [0.2, 0.25) is 0 Å². The highest BCUT2D eigenvalue weighted by atomic mass is 16.2. The Balaban J connectivity index is 1.82. The minimum atomic E-state index is 0.0526. The number of nitrogens with zero attached hydrogens (tertiary/aromatic N) is 1. The molecule has 84 valence electrons. The summed E-state index contributed by atoms with van der Waals surface area (Å²) in [5.41, 5.74) is 0. The van der Waals surface area contributed by atoms with E-state index in [1.165, 1.54) is 32.1 Å². The van der Waals surface area contributed by atoms with Crippen LogP contribution >= 0.6 is 0 Å². The molecule has 0 radical (unpaired) electrons. The Hall–Kier alpha value is -0.860. The molecule has 0 aromatic heterocycles. The topological polar surface area (TPSA) is 37.4 Å². The molecule has 2 fully saturated rings. The Bertz CT molecular complexity index is 256. The van der Waals surface area contributed by atoms with Crippen molar-refractivity contribution in [3.63, 3.8) is 0 Å². The van der Waals surface area contributed by atoms with Crippen LogP contribution < -0.4 is 0 Å². The van der Waals surface area contributed by atoms with E-state index in [4.69, 9.17) is 0 Å². The molecule has 2 rings (SSSR count). The lowest BCUT2D eigenvalue weighted by molar-refractivity contribution is -0.140. The van der Waals surface area contributed by atoms with Crippen molar-refractivity contribution in [3.8, 4) is 0 Å². The van der Waals surface area contributed by atoms with Crippen LogP contribution in [-0.2, 0) is 9.59 Å². The van der Waals surface area contributed by atoms with E-state index in [9.17, 15) is 9.59 Å². The predicted molar refractivity (Wildman–Crippen MR) is 57.4 cm³/mol. The van der Waals surface area contributed by atoms with Crippen LogP contribution in [0.3, 0.4) is 0 Å². The first-order chi connectivity index (χ1) is 7.25. The molecule has 1 heterocycles. The smallest absolute Gasteiger partial charge is 0.230 e. The van der Waals surface area contributed by atoms with Crippen LogP contribution in [0.1, 0.15) is 44.9 Å². The number of Topliss-reactive ketones (excluding diaryl/α,β-unsaturated/α-hetero) is 1. The highest BCUT2D eigenvalue weighted by molar-refractivity contribution is 6.00. The molecule has 1 amide bonds. The van der Waals surface area contributed by atoms with Gasteiger partial charge in [0.2, 0.25) is 5.91 Å². The van der Waals surface area contributed by atoms with Crippen molar-refractivity contribution in [1.29, 1.82) is 0 Å². The average molecular weight is 209 g/mol. The standard InChI is InChI=1S/C12H19NO2/c14-11-6-7-13(12(15)8-11)9-10-4-2-1-3-5-10/h10H,1-9H2. The van der Waals surface area contributed by atoms with E-state index in [0.29, 0.717) is 18.9 Å². The molecule has 15 heavy (non-hydrogen) atoms. The number of ketones is 1. The van der Waals surface area contributed by atoms with Crippen molar-refractivity contribution in [1.82, 2.24) is 4.90 Å². The molecule has 1 saturated carbocycles. The zero-order valence-electron chi connectivity index (χ0n) is 9.21. The molecule has 0 N–H and O–H groups in total. The molecule has 0 bridgehead atoms. The van der Waals surface area contributed by atoms with Crippen LogP contribution in [0, 0.1) is 5.92 Å². The van der Waals surface area contributed by atoms with Gasteiger partial charge in [0.15, 0.2) is 0 Å². The van der Waals surface area contributed by atoms with Gasteiger partial charge in [0.25, 0.3) is 0 Å². The Morgan fingerprint density at radius 1 is 1.13 bits per heavy atom. The number of amides is 1. The van der Waals surface area contributed by atoms with Gasteiger partial charge in [0.05, 0.1) is 6.42 Å². The first kappa shape index (κ1) is 10.7. The lowest BCUT2D eigenvalue weighted by atomic mass is 9.88. The Morgan fingerprint density at radius 2 is 1.87 bits per heavy atom. The van der Waals surface area contributed by atoms with Gasteiger partial charge in [0, 0.05) is 19.5 Å². The van der Waals surface area contributed by atoms with E-state index in [-0.39, 0.29) is 18.1 Å². The van der Waals surface area contributed by atoms with Crippen LogP contribution in [0.25, 0.3) is 0 Å². The number of carbonyl (C=O) groups excluding carboxylic acids is 2. The fourth-order valence-corrected chi connectivity index (χ4v) is 2.63. The Labute approximate surface area is 90.8 Å². The summed E-state index contributed by atoms with van der Waals surface area (Å²) in [6.07, 6.45) is 7.21. The number of rotatable bonds is 2. The molecule has 0 aromatic rings. The minimum absolute atomic E-state index is 0.0526. The van der Waals surface area contributed by atoms with Gasteiger partial charge in [-0.15, -0.1) is 0 Å². The highest BCUT2D eigenvalue weighted by Crippen LogP contribution is 2.25. The summed E-state index contributed by atoms with van der Waals surface area (Å²) in [5.74, 6) is 0.854. The third-order valence-electron chi connectivity index (χ3n) is 3.56. The van der Waals surface area contributed by atoms with Gasteiger partial charge in [-0.1, -0.05) is 19.3 Å². The van der Waals surface area contributed by atoms with Gasteiger partial charge in [-0.3, -0.25) is 9.59 Å². The molecule has 0 unspecified atom stereocenters. The fourth-order valence-electron chi connectivity index (χ4n) is 2.63. The van der Waals surface area contributed by atoms with Gasteiger partial charge in [-0.2, -0.15) is 0 Å². The zero-order valence-corrected chi connectivity index (χ0v) is 9.21. The molecule has 2 aliphatic rings. The number of carbonyl (C=O) groups is 2. The van der Waals surface area contributed by atoms with Crippen LogP contribution in [0.5, 0.6) is 0 Å². The van der Waals surface area contributed by atoms with E-state index in [0.717, 1.165) is 6.54 Å². The number of hydrogen-bond acceptors (Lipinski definition) is 2. The SMILES string of the molecule is O=C1CCN(CC2CCCCC2)C(=O)C1. The maximum absolute atomic E-state index is 11.6. The monoisotopic (exact) mass is 209 g/mol. The van der Waals surface area contributed by atoms with Crippen LogP contribution in [0.15, 0.2) is 0 Å². The first-order valence-electron chi connectivity index (χ1n) is 6.05. The fraction of sp³-hybridized carbons (Fsp3) is 0.833. The summed E-state index contributed by atoms with van der Waals surface area (Å²) in [5, 5.41) is 0. The summed E-state index contributed by atoms with van der Waals surface area (Å²) in [6.45, 7) is 1.56. The Kier molecular flexibility index (Phi) is 3.39. The van der Waals surface area contributed by atoms with Crippen molar-refractivity contribution < 1.29 is 9.59 Å². The van der Waals surface area contributed by atoms with E-state index >= 15 is 0 Å². The molecule has 3 heteroatoms. The molecule has 1 aliphatic carbocycles. The molecule has 1 saturated heterocycles. The van der Waals surface area contributed by atoms with Crippen molar-refractivity contribution in [2.24, 2.45) is 5.92 Å². The quantitative estimate of drug-likeness (QED) is 0.650. The molecule has 3 nitrogen and oxygen atoms in total. The molecule has 0 spiro atoms. The summed E-state index contributed by atoms with van der Waals surface area (Å²) in [4.78, 5) is 24.5. The normalized spacial score (nSPS) is 24.7. The number of piperidine rings is 1. The molecule has 1 aliphatic heterocycles. The van der Waals surface area contributed by atoms with E-state index in [1.807, 2.05) is 4.90 Å². The lowest BCUT2D eigenvalue weighted by Gasteiger charge is -2.31. The minimum Gasteiger partial charge on any atom is -0.342 e. The summed E-state index contributed by atoms with van der Waals surface area (Å²) in [6, 6.07) is 0. The van der Waals surface area contributed by atoms with Gasteiger partial charge in [-0.05, 0) is 18.8 Å². The van der Waals surface area contributed by atoms with Crippen molar-refractivity contribution in [3.05, 3.63) is 0 Å². The van der Waals surface area contributed by atoms with Crippen LogP contribution in [0.4, 0.5) is 0 Å². The van der Waals surface area contributed by atoms with E-state index in [1.54, 1.807) is 0 Å². The summed E-state index contributed by atoms with van der Waals surface area (Å²) in [7, 11) is 0. The lowest BCUT2D eigenvalue weighted by Crippen LogP contribution is -2.42. The van der Waals surface area contributed by atoms with Crippen molar-refractivity contribution in [2.75, 3.05) is 13.1 Å². The number of hydrogen-bond donors (Lipinski definition) is 0. The summed E-state index contributed by atoms with van der Waals surface area (Å²) >= 11 is 0. The number of likely N-dealkylation sites (tertiary alicyclic amines) is 1. The van der Waals surface area contributed by atoms with Crippen molar-refractivity contribution >= 4 is 11.7 Å². The highest BCUT2D eigenvalue weighted by Gasteiger charge is 2.26. The third-order valence-corrected chi connectivity index (χ3v) is 3.56. The largest absolute Gasteiger partial charge is 0.342 e. The summed E-state index contributed by atoms with van der Waals surface area (Å²) < 4.78 is 0. The molecular formula is C12H19NO2. The maximum atomic E-state index is 11.6. The second kappa shape index (κ2) is 4.77. The molecule has 0 aromatic carbocycles. The molecule has 0 atom stereocenters. The second-order valence-corrected chi connectivity index (χ2v) is 4.81. The first-order valence-corrected chi connectivity index (χ1v) is 6.05.